The van der Waals surface area contributed by atoms with Crippen LogP contribution in [0.25, 0.3) is 0 Å². The van der Waals surface area contributed by atoms with Gasteiger partial charge in [0, 0.05) is 0 Å². The maximum Gasteiger partial charge on any atom is 0.245 e. The van der Waals surface area contributed by atoms with Crippen LogP contribution in [0.15, 0.2) is 43.0 Å². The van der Waals surface area contributed by atoms with Crippen molar-refractivity contribution in [3.05, 3.63) is 48.6 Å². The minimum atomic E-state index is -3.94. The fraction of sp³-hybridized carbons (Fsp3) is 0.375. The van der Waals surface area contributed by atoms with E-state index in [2.05, 4.69) is 50.8 Å². The van der Waals surface area contributed by atoms with E-state index in [4.69, 9.17) is 11.5 Å². The van der Waals surface area contributed by atoms with E-state index < -0.39 is 32.7 Å². The van der Waals surface area contributed by atoms with Gasteiger partial charge < -0.3 is 11.5 Å². The lowest BCUT2D eigenvalue weighted by molar-refractivity contribution is -0.125. The zero-order chi connectivity index (χ0) is 18.0. The molecule has 0 aromatic heterocycles. The standard InChI is InChI=1S/C10H14.C6H10N2O4S/c1-9(2)8-10-6-4-3-5-7-10;1-2-3-13(11,12)4(5(7)9)6(8)10/h3-7,9H,8H2,1-2H3;2,4H,1,3H2,(H2,7,9)(H2,8,10). The Morgan fingerprint density at radius 1 is 1.13 bits per heavy atom. The van der Waals surface area contributed by atoms with Crippen LogP contribution in [0.1, 0.15) is 19.4 Å². The molecule has 0 aliphatic rings. The molecule has 6 nitrogen and oxygen atoms in total. The van der Waals surface area contributed by atoms with Crippen LogP contribution in [0, 0.1) is 5.92 Å². The molecule has 1 rings (SSSR count). The molecule has 1 aromatic rings. The van der Waals surface area contributed by atoms with Crippen molar-refractivity contribution >= 4 is 21.7 Å². The number of sulfone groups is 1. The van der Waals surface area contributed by atoms with Crippen molar-refractivity contribution in [2.75, 3.05) is 5.75 Å². The molecular formula is C16H24N2O4S. The van der Waals surface area contributed by atoms with Crippen LogP contribution in [0.3, 0.4) is 0 Å². The van der Waals surface area contributed by atoms with Crippen molar-refractivity contribution in [2.45, 2.75) is 25.5 Å². The first-order valence-corrected chi connectivity index (χ1v) is 8.78. The van der Waals surface area contributed by atoms with E-state index in [1.807, 2.05) is 0 Å². The second-order valence-corrected chi connectivity index (χ2v) is 7.52. The molecule has 4 N–H and O–H groups in total. The van der Waals surface area contributed by atoms with Crippen LogP contribution in [0.5, 0.6) is 0 Å². The minimum Gasteiger partial charge on any atom is -0.368 e. The number of nitrogens with two attached hydrogens (primary N) is 2. The van der Waals surface area contributed by atoms with E-state index in [0.29, 0.717) is 0 Å². The summed E-state index contributed by atoms with van der Waals surface area (Å²) < 4.78 is 22.3. The van der Waals surface area contributed by atoms with E-state index in [9.17, 15) is 18.0 Å². The molecule has 0 fully saturated rings. The van der Waals surface area contributed by atoms with Crippen molar-refractivity contribution < 1.29 is 18.0 Å². The fourth-order valence-corrected chi connectivity index (χ4v) is 3.07. The van der Waals surface area contributed by atoms with Gasteiger partial charge >= 0.3 is 0 Å². The Kier molecular flexibility index (Phi) is 8.87. The molecule has 0 spiro atoms. The molecule has 1 aromatic carbocycles. The van der Waals surface area contributed by atoms with Gasteiger partial charge in [-0.05, 0) is 17.9 Å². The van der Waals surface area contributed by atoms with E-state index in [-0.39, 0.29) is 0 Å². The third kappa shape index (κ3) is 8.15. The highest BCUT2D eigenvalue weighted by Gasteiger charge is 2.34. The maximum absolute atomic E-state index is 11.1. The van der Waals surface area contributed by atoms with Crippen LogP contribution < -0.4 is 11.5 Å². The van der Waals surface area contributed by atoms with Crippen LogP contribution >= 0.6 is 0 Å². The molecular weight excluding hydrogens is 316 g/mol. The Morgan fingerprint density at radius 2 is 1.61 bits per heavy atom. The van der Waals surface area contributed by atoms with Crippen molar-refractivity contribution in [1.29, 1.82) is 0 Å². The SMILES string of the molecule is C=CCS(=O)(=O)C(C(N)=O)C(N)=O.CC(C)Cc1ccccc1. The molecule has 0 heterocycles. The molecule has 23 heavy (non-hydrogen) atoms. The van der Waals surface area contributed by atoms with Gasteiger partial charge in [-0.2, -0.15) is 0 Å². The number of carbonyl (C=O) groups is 2. The average Bonchev–Trinajstić information content (AvgIpc) is 2.37. The summed E-state index contributed by atoms with van der Waals surface area (Å²) in [6.45, 7) is 7.65. The fourth-order valence-electron chi connectivity index (χ4n) is 1.84. The first-order valence-electron chi connectivity index (χ1n) is 7.06. The quantitative estimate of drug-likeness (QED) is 0.563. The van der Waals surface area contributed by atoms with Gasteiger partial charge in [0.25, 0.3) is 0 Å². The highest BCUT2D eigenvalue weighted by Crippen LogP contribution is 2.06. The van der Waals surface area contributed by atoms with Gasteiger partial charge in [-0.1, -0.05) is 50.3 Å². The molecule has 0 aliphatic carbocycles. The normalized spacial score (nSPS) is 10.8. The Balaban J connectivity index is 0.000000433. The van der Waals surface area contributed by atoms with E-state index in [1.54, 1.807) is 0 Å². The second kappa shape index (κ2) is 9.78. The monoisotopic (exact) mass is 340 g/mol. The third-order valence-electron chi connectivity index (χ3n) is 2.71. The minimum absolute atomic E-state index is 0.510. The smallest absolute Gasteiger partial charge is 0.245 e. The van der Waals surface area contributed by atoms with Crippen LogP contribution in [0.2, 0.25) is 0 Å². The molecule has 0 bridgehead atoms. The van der Waals surface area contributed by atoms with E-state index in [0.717, 1.165) is 12.0 Å². The molecule has 0 saturated heterocycles. The number of hydrogen-bond donors (Lipinski definition) is 2. The Labute approximate surface area is 137 Å². The lowest BCUT2D eigenvalue weighted by Crippen LogP contribution is -2.46. The predicted octanol–water partition coefficient (Wildman–Crippen LogP) is 0.812. The van der Waals surface area contributed by atoms with Gasteiger partial charge in [0.05, 0.1) is 5.75 Å². The van der Waals surface area contributed by atoms with Crippen LogP contribution in [-0.4, -0.2) is 31.2 Å². The highest BCUT2D eigenvalue weighted by atomic mass is 32.2. The molecule has 0 aliphatic heterocycles. The summed E-state index contributed by atoms with van der Waals surface area (Å²) in [7, 11) is -3.94. The van der Waals surface area contributed by atoms with Gasteiger partial charge in [-0.15, -0.1) is 6.58 Å². The van der Waals surface area contributed by atoms with Gasteiger partial charge in [0.15, 0.2) is 9.84 Å². The number of benzene rings is 1. The Morgan fingerprint density at radius 3 is 1.96 bits per heavy atom. The molecule has 0 atom stereocenters. The van der Waals surface area contributed by atoms with Crippen molar-refractivity contribution in [1.82, 2.24) is 0 Å². The topological polar surface area (TPSA) is 120 Å². The summed E-state index contributed by atoms with van der Waals surface area (Å²) in [6, 6.07) is 10.6. The van der Waals surface area contributed by atoms with Crippen molar-refractivity contribution in [2.24, 2.45) is 17.4 Å². The largest absolute Gasteiger partial charge is 0.368 e. The summed E-state index contributed by atoms with van der Waals surface area (Å²) in [6.07, 6.45) is 2.25. The first-order chi connectivity index (χ1) is 10.6. The van der Waals surface area contributed by atoms with E-state index >= 15 is 0 Å². The lowest BCUT2D eigenvalue weighted by Gasteiger charge is -2.08. The summed E-state index contributed by atoms with van der Waals surface area (Å²) >= 11 is 0. The van der Waals surface area contributed by atoms with Crippen molar-refractivity contribution in [3.8, 4) is 0 Å². The van der Waals surface area contributed by atoms with Crippen LogP contribution in [0.4, 0.5) is 0 Å². The van der Waals surface area contributed by atoms with Gasteiger partial charge in [-0.3, -0.25) is 9.59 Å². The third-order valence-corrected chi connectivity index (χ3v) is 4.60. The molecule has 2 amide bonds. The summed E-state index contributed by atoms with van der Waals surface area (Å²) in [5.74, 6) is -2.28. The van der Waals surface area contributed by atoms with Gasteiger partial charge in [0.2, 0.25) is 17.1 Å². The summed E-state index contributed by atoms with van der Waals surface area (Å²) in [5, 5.41) is -1.97. The maximum atomic E-state index is 11.1. The number of primary amides is 2. The van der Waals surface area contributed by atoms with Crippen molar-refractivity contribution in [3.63, 3.8) is 0 Å². The second-order valence-electron chi connectivity index (χ2n) is 5.39. The number of amides is 2. The van der Waals surface area contributed by atoms with E-state index in [1.165, 1.54) is 12.0 Å². The molecule has 128 valence electrons. The summed E-state index contributed by atoms with van der Waals surface area (Å²) in [5.41, 5.74) is 10.8. The molecule has 0 saturated carbocycles. The molecule has 0 radical (unpaired) electrons. The summed E-state index contributed by atoms with van der Waals surface area (Å²) in [4.78, 5) is 21.1. The number of rotatable bonds is 7. The predicted molar refractivity (Wildman–Crippen MR) is 91.1 cm³/mol. The highest BCUT2D eigenvalue weighted by molar-refractivity contribution is 7.93. The van der Waals surface area contributed by atoms with Gasteiger partial charge in [-0.25, -0.2) is 8.42 Å². The molecule has 0 unspecified atom stereocenters. The number of carbonyl (C=O) groups excluding carboxylic acids is 2. The van der Waals surface area contributed by atoms with Gasteiger partial charge in [0.1, 0.15) is 0 Å². The molecule has 7 heteroatoms. The first kappa shape index (κ1) is 20.9. The zero-order valence-electron chi connectivity index (χ0n) is 13.4. The Hall–Kier alpha value is -2.15. The Bertz CT molecular complexity index is 611. The lowest BCUT2D eigenvalue weighted by atomic mass is 10.0. The van der Waals surface area contributed by atoms with Crippen LogP contribution in [-0.2, 0) is 25.8 Å². The number of hydrogen-bond acceptors (Lipinski definition) is 4. The zero-order valence-corrected chi connectivity index (χ0v) is 14.3. The average molecular weight is 340 g/mol.